The van der Waals surface area contributed by atoms with E-state index in [9.17, 15) is 4.79 Å². The number of aromatic nitrogens is 3. The highest BCUT2D eigenvalue weighted by Gasteiger charge is 2.14. The van der Waals surface area contributed by atoms with E-state index in [0.29, 0.717) is 30.1 Å². The Bertz CT molecular complexity index is 788. The van der Waals surface area contributed by atoms with Crippen molar-refractivity contribution >= 4 is 17.1 Å². The Morgan fingerprint density at radius 3 is 3.00 bits per heavy atom. The van der Waals surface area contributed by atoms with Crippen LogP contribution in [0.25, 0.3) is 22.7 Å². The van der Waals surface area contributed by atoms with Crippen LogP contribution < -0.4 is 0 Å². The summed E-state index contributed by atoms with van der Waals surface area (Å²) >= 11 is 0. The van der Waals surface area contributed by atoms with Gasteiger partial charge in [-0.3, -0.25) is 4.79 Å². The number of nitrogens with zero attached hydrogens (tertiary/aromatic N) is 3. The molecule has 0 bridgehead atoms. The van der Waals surface area contributed by atoms with Crippen LogP contribution >= 0.6 is 0 Å². The maximum absolute atomic E-state index is 11.1. The molecule has 6 nitrogen and oxygen atoms in total. The Morgan fingerprint density at radius 2 is 2.24 bits per heavy atom. The van der Waals surface area contributed by atoms with E-state index in [-0.39, 0.29) is 5.97 Å². The molecule has 3 aromatic heterocycles. The van der Waals surface area contributed by atoms with Crippen LogP contribution in [0, 0.1) is 0 Å². The lowest BCUT2D eigenvalue weighted by Gasteiger charge is -1.99. The van der Waals surface area contributed by atoms with Gasteiger partial charge in [-0.1, -0.05) is 0 Å². The van der Waals surface area contributed by atoms with E-state index in [1.54, 1.807) is 6.20 Å². The molecule has 6 heteroatoms. The molecule has 0 aliphatic heterocycles. The maximum atomic E-state index is 11.1. The van der Waals surface area contributed by atoms with Crippen molar-refractivity contribution in [1.82, 2.24) is 14.5 Å². The zero-order chi connectivity index (χ0) is 14.8. The van der Waals surface area contributed by atoms with Gasteiger partial charge in [0.2, 0.25) is 0 Å². The second-order valence-corrected chi connectivity index (χ2v) is 4.68. The first-order chi connectivity index (χ1) is 10.2. The minimum absolute atomic E-state index is 0.250. The number of furan rings is 1. The largest absolute Gasteiger partial charge is 0.469 e. The van der Waals surface area contributed by atoms with E-state index >= 15 is 0 Å². The predicted molar refractivity (Wildman–Crippen MR) is 76.5 cm³/mol. The molecule has 0 aliphatic carbocycles. The standard InChI is InChI=1S/C15H15N3O3/c1-18-11-4-3-9-16-14(11)17-15(18)12-7-5-10(21-12)6-8-13(19)20-2/h3-5,7,9H,6,8H2,1-2H3. The smallest absolute Gasteiger partial charge is 0.305 e. The number of carbonyl (C=O) groups excluding carboxylic acids is 1. The topological polar surface area (TPSA) is 70.2 Å². The summed E-state index contributed by atoms with van der Waals surface area (Å²) in [7, 11) is 3.30. The second kappa shape index (κ2) is 5.40. The normalized spacial score (nSPS) is 11.0. The number of fused-ring (bicyclic) bond motifs is 1. The molecule has 3 rings (SSSR count). The molecular weight excluding hydrogens is 270 g/mol. The summed E-state index contributed by atoms with van der Waals surface area (Å²) in [5, 5.41) is 0. The zero-order valence-electron chi connectivity index (χ0n) is 11.9. The monoisotopic (exact) mass is 285 g/mol. The highest BCUT2D eigenvalue weighted by atomic mass is 16.5. The van der Waals surface area contributed by atoms with Crippen molar-refractivity contribution in [2.75, 3.05) is 7.11 Å². The molecule has 21 heavy (non-hydrogen) atoms. The van der Waals surface area contributed by atoms with Crippen molar-refractivity contribution in [3.63, 3.8) is 0 Å². The fourth-order valence-electron chi connectivity index (χ4n) is 2.21. The third-order valence-corrected chi connectivity index (χ3v) is 3.34. The first kappa shape index (κ1) is 13.4. The van der Waals surface area contributed by atoms with Gasteiger partial charge in [0, 0.05) is 19.7 Å². The fourth-order valence-corrected chi connectivity index (χ4v) is 2.21. The van der Waals surface area contributed by atoms with Crippen molar-refractivity contribution in [3.05, 3.63) is 36.2 Å². The van der Waals surface area contributed by atoms with Crippen LogP contribution in [-0.2, 0) is 23.0 Å². The summed E-state index contributed by atoms with van der Waals surface area (Å²) in [5.41, 5.74) is 1.63. The van der Waals surface area contributed by atoms with Crippen LogP contribution in [0.3, 0.4) is 0 Å². The van der Waals surface area contributed by atoms with Crippen LogP contribution in [0.1, 0.15) is 12.2 Å². The van der Waals surface area contributed by atoms with E-state index in [4.69, 9.17) is 4.42 Å². The number of esters is 1. The second-order valence-electron chi connectivity index (χ2n) is 4.68. The quantitative estimate of drug-likeness (QED) is 0.688. The predicted octanol–water partition coefficient (Wildman–Crippen LogP) is 2.33. The molecule has 0 fully saturated rings. The Hall–Kier alpha value is -2.63. The molecule has 0 unspecified atom stereocenters. The lowest BCUT2D eigenvalue weighted by Crippen LogP contribution is -2.01. The Balaban J connectivity index is 1.88. The van der Waals surface area contributed by atoms with Crippen molar-refractivity contribution in [3.8, 4) is 11.6 Å². The van der Waals surface area contributed by atoms with Crippen molar-refractivity contribution < 1.29 is 13.9 Å². The van der Waals surface area contributed by atoms with Gasteiger partial charge in [0.05, 0.1) is 19.0 Å². The molecule has 0 atom stereocenters. The van der Waals surface area contributed by atoms with Gasteiger partial charge in [0.1, 0.15) is 5.76 Å². The molecule has 0 N–H and O–H groups in total. The van der Waals surface area contributed by atoms with Gasteiger partial charge in [0.15, 0.2) is 17.2 Å². The van der Waals surface area contributed by atoms with Crippen LogP contribution in [-0.4, -0.2) is 27.6 Å². The molecule has 0 amide bonds. The summed E-state index contributed by atoms with van der Waals surface area (Å²) in [4.78, 5) is 19.8. The number of ether oxygens (including phenoxy) is 1. The zero-order valence-corrected chi connectivity index (χ0v) is 11.9. The number of hydrogen-bond donors (Lipinski definition) is 0. The van der Waals surface area contributed by atoms with E-state index < -0.39 is 0 Å². The first-order valence-corrected chi connectivity index (χ1v) is 6.62. The van der Waals surface area contributed by atoms with E-state index in [0.717, 1.165) is 11.3 Å². The van der Waals surface area contributed by atoms with Crippen LogP contribution in [0.4, 0.5) is 0 Å². The minimum Gasteiger partial charge on any atom is -0.469 e. The molecule has 3 aromatic rings. The lowest BCUT2D eigenvalue weighted by molar-refractivity contribution is -0.140. The average Bonchev–Trinajstić information content (AvgIpc) is 3.10. The van der Waals surface area contributed by atoms with Gasteiger partial charge >= 0.3 is 5.97 Å². The van der Waals surface area contributed by atoms with Crippen LogP contribution in [0.5, 0.6) is 0 Å². The summed E-state index contributed by atoms with van der Waals surface area (Å²) in [6, 6.07) is 7.54. The molecule has 3 heterocycles. The van der Waals surface area contributed by atoms with E-state index in [1.165, 1.54) is 7.11 Å². The maximum Gasteiger partial charge on any atom is 0.305 e. The summed E-state index contributed by atoms with van der Waals surface area (Å²) in [5.74, 6) is 1.86. The molecule has 0 spiro atoms. The van der Waals surface area contributed by atoms with Gasteiger partial charge in [0.25, 0.3) is 0 Å². The lowest BCUT2D eigenvalue weighted by atomic mass is 10.2. The van der Waals surface area contributed by atoms with Gasteiger partial charge in [-0.25, -0.2) is 9.97 Å². The van der Waals surface area contributed by atoms with Gasteiger partial charge in [-0.15, -0.1) is 0 Å². The number of carbonyl (C=O) groups is 1. The molecule has 0 aliphatic rings. The van der Waals surface area contributed by atoms with Crippen molar-refractivity contribution in [1.29, 1.82) is 0 Å². The Morgan fingerprint density at radius 1 is 1.38 bits per heavy atom. The van der Waals surface area contributed by atoms with Gasteiger partial charge in [-0.2, -0.15) is 0 Å². The van der Waals surface area contributed by atoms with Crippen LogP contribution in [0.15, 0.2) is 34.9 Å². The first-order valence-electron chi connectivity index (χ1n) is 6.62. The molecular formula is C15H15N3O3. The third kappa shape index (κ3) is 2.52. The number of hydrogen-bond acceptors (Lipinski definition) is 5. The van der Waals surface area contributed by atoms with Gasteiger partial charge in [-0.05, 0) is 24.3 Å². The third-order valence-electron chi connectivity index (χ3n) is 3.34. The highest BCUT2D eigenvalue weighted by molar-refractivity contribution is 5.75. The van der Waals surface area contributed by atoms with Crippen molar-refractivity contribution in [2.24, 2.45) is 7.05 Å². The molecule has 108 valence electrons. The summed E-state index contributed by atoms with van der Waals surface area (Å²) in [6.45, 7) is 0. The Labute approximate surface area is 121 Å². The highest BCUT2D eigenvalue weighted by Crippen LogP contribution is 2.24. The van der Waals surface area contributed by atoms with Crippen LogP contribution in [0.2, 0.25) is 0 Å². The minimum atomic E-state index is -0.250. The van der Waals surface area contributed by atoms with Crippen molar-refractivity contribution in [2.45, 2.75) is 12.8 Å². The van der Waals surface area contributed by atoms with E-state index in [2.05, 4.69) is 14.7 Å². The summed E-state index contributed by atoms with van der Waals surface area (Å²) < 4.78 is 12.3. The molecule has 0 aromatic carbocycles. The molecule has 0 saturated carbocycles. The molecule has 0 radical (unpaired) electrons. The van der Waals surface area contributed by atoms with Gasteiger partial charge < -0.3 is 13.7 Å². The fraction of sp³-hybridized carbons (Fsp3) is 0.267. The SMILES string of the molecule is COC(=O)CCc1ccc(-c2nc3ncccc3n2C)o1. The number of aryl methyl sites for hydroxylation is 2. The number of pyridine rings is 1. The number of imidazole rings is 1. The average molecular weight is 285 g/mol. The summed E-state index contributed by atoms with van der Waals surface area (Å²) in [6.07, 6.45) is 2.52. The molecule has 0 saturated heterocycles. The Kier molecular flexibility index (Phi) is 3.43. The number of methoxy groups -OCH3 is 1. The van der Waals surface area contributed by atoms with E-state index in [1.807, 2.05) is 35.9 Å². The number of rotatable bonds is 4.